The number of primary amides is 1. The van der Waals surface area contributed by atoms with Gasteiger partial charge in [-0.15, -0.1) is 0 Å². The minimum atomic E-state index is -0.295. The zero-order valence-corrected chi connectivity index (χ0v) is 8.39. The van der Waals surface area contributed by atoms with Crippen molar-refractivity contribution in [2.75, 3.05) is 0 Å². The number of benzene rings is 1. The van der Waals surface area contributed by atoms with Crippen molar-refractivity contribution < 1.29 is 4.79 Å². The molecule has 0 saturated heterocycles. The molecular formula is C9H10BrNO. The summed E-state index contributed by atoms with van der Waals surface area (Å²) in [4.78, 5) is 10.6. The van der Waals surface area contributed by atoms with E-state index in [0.717, 1.165) is 15.6 Å². The lowest BCUT2D eigenvalue weighted by molar-refractivity contribution is -0.117. The van der Waals surface area contributed by atoms with Crippen LogP contribution in [0.3, 0.4) is 0 Å². The Kier molecular flexibility index (Phi) is 2.87. The molecule has 0 saturated carbocycles. The Morgan fingerprint density at radius 3 is 2.83 bits per heavy atom. The minimum absolute atomic E-state index is 0.295. The van der Waals surface area contributed by atoms with Crippen LogP contribution in [0.1, 0.15) is 11.1 Å². The summed E-state index contributed by atoms with van der Waals surface area (Å²) in [5.41, 5.74) is 7.17. The molecule has 0 fully saturated rings. The minimum Gasteiger partial charge on any atom is -0.369 e. The Labute approximate surface area is 79.9 Å². The Hall–Kier alpha value is -0.830. The molecule has 3 heteroatoms. The van der Waals surface area contributed by atoms with E-state index in [4.69, 9.17) is 5.73 Å². The standard InChI is InChI=1S/C9H10BrNO/c1-6-2-3-8(10)4-7(6)5-9(11)12/h2-4H,5H2,1H3,(H2,11,12). The largest absolute Gasteiger partial charge is 0.369 e. The molecule has 0 unspecified atom stereocenters. The van der Waals surface area contributed by atoms with Crippen molar-refractivity contribution in [3.63, 3.8) is 0 Å². The fourth-order valence-corrected chi connectivity index (χ4v) is 1.43. The maximum Gasteiger partial charge on any atom is 0.221 e. The number of rotatable bonds is 2. The molecule has 1 aromatic carbocycles. The zero-order valence-electron chi connectivity index (χ0n) is 6.80. The highest BCUT2D eigenvalue weighted by molar-refractivity contribution is 9.10. The monoisotopic (exact) mass is 227 g/mol. The van der Waals surface area contributed by atoms with Crippen molar-refractivity contribution in [2.24, 2.45) is 5.73 Å². The molecule has 0 radical (unpaired) electrons. The Morgan fingerprint density at radius 1 is 1.58 bits per heavy atom. The third kappa shape index (κ3) is 2.34. The van der Waals surface area contributed by atoms with E-state index in [2.05, 4.69) is 15.9 Å². The van der Waals surface area contributed by atoms with Gasteiger partial charge in [0.1, 0.15) is 0 Å². The summed E-state index contributed by atoms with van der Waals surface area (Å²) in [6, 6.07) is 5.82. The first kappa shape index (κ1) is 9.26. The topological polar surface area (TPSA) is 43.1 Å². The van der Waals surface area contributed by atoms with Crippen molar-refractivity contribution >= 4 is 21.8 Å². The van der Waals surface area contributed by atoms with Crippen molar-refractivity contribution in [1.82, 2.24) is 0 Å². The molecule has 64 valence electrons. The van der Waals surface area contributed by atoms with Gasteiger partial charge in [-0.2, -0.15) is 0 Å². The maximum absolute atomic E-state index is 10.6. The highest BCUT2D eigenvalue weighted by atomic mass is 79.9. The first-order chi connectivity index (χ1) is 5.59. The van der Waals surface area contributed by atoms with Gasteiger partial charge in [-0.25, -0.2) is 0 Å². The van der Waals surface area contributed by atoms with E-state index in [1.54, 1.807) is 0 Å². The molecule has 2 N–H and O–H groups in total. The third-order valence-corrected chi connectivity index (χ3v) is 2.17. The summed E-state index contributed by atoms with van der Waals surface area (Å²) in [6.45, 7) is 1.96. The van der Waals surface area contributed by atoms with Gasteiger partial charge in [-0.1, -0.05) is 22.0 Å². The number of hydrogen-bond acceptors (Lipinski definition) is 1. The van der Waals surface area contributed by atoms with E-state index < -0.39 is 0 Å². The normalized spacial score (nSPS) is 9.83. The lowest BCUT2D eigenvalue weighted by Crippen LogP contribution is -2.14. The predicted octanol–water partition coefficient (Wildman–Crippen LogP) is 1.79. The highest BCUT2D eigenvalue weighted by Gasteiger charge is 2.02. The second-order valence-electron chi connectivity index (χ2n) is 2.71. The van der Waals surface area contributed by atoms with E-state index >= 15 is 0 Å². The van der Waals surface area contributed by atoms with Crippen LogP contribution in [0.15, 0.2) is 22.7 Å². The van der Waals surface area contributed by atoms with Gasteiger partial charge in [0.2, 0.25) is 5.91 Å². The molecule has 1 aromatic rings. The third-order valence-electron chi connectivity index (χ3n) is 1.68. The lowest BCUT2D eigenvalue weighted by Gasteiger charge is -2.02. The average molecular weight is 228 g/mol. The average Bonchev–Trinajstić information content (AvgIpc) is 1.96. The van der Waals surface area contributed by atoms with Gasteiger partial charge in [0.25, 0.3) is 0 Å². The molecule has 12 heavy (non-hydrogen) atoms. The van der Waals surface area contributed by atoms with Crippen LogP contribution in [0.4, 0.5) is 0 Å². The van der Waals surface area contributed by atoms with Crippen LogP contribution in [-0.2, 0) is 11.2 Å². The summed E-state index contributed by atoms with van der Waals surface area (Å²) < 4.78 is 0.976. The molecule has 2 nitrogen and oxygen atoms in total. The molecule has 0 aliphatic rings. The first-order valence-electron chi connectivity index (χ1n) is 3.63. The van der Waals surface area contributed by atoms with Crippen molar-refractivity contribution in [1.29, 1.82) is 0 Å². The van der Waals surface area contributed by atoms with Crippen molar-refractivity contribution in [2.45, 2.75) is 13.3 Å². The van der Waals surface area contributed by atoms with E-state index in [1.165, 1.54) is 0 Å². The molecule has 0 heterocycles. The summed E-state index contributed by atoms with van der Waals surface area (Å²) >= 11 is 3.33. The van der Waals surface area contributed by atoms with Crippen LogP contribution in [0.5, 0.6) is 0 Å². The first-order valence-corrected chi connectivity index (χ1v) is 4.42. The fraction of sp³-hybridized carbons (Fsp3) is 0.222. The molecular weight excluding hydrogens is 218 g/mol. The summed E-state index contributed by atoms with van der Waals surface area (Å²) in [6.07, 6.45) is 0.311. The molecule has 1 rings (SSSR count). The molecule has 0 spiro atoms. The molecule has 0 bridgehead atoms. The van der Waals surface area contributed by atoms with Gasteiger partial charge < -0.3 is 5.73 Å². The lowest BCUT2D eigenvalue weighted by atomic mass is 10.1. The van der Waals surface area contributed by atoms with Crippen molar-refractivity contribution in [3.05, 3.63) is 33.8 Å². The number of amides is 1. The SMILES string of the molecule is Cc1ccc(Br)cc1CC(N)=O. The van der Waals surface area contributed by atoms with E-state index in [1.807, 2.05) is 25.1 Å². The summed E-state index contributed by atoms with van der Waals surface area (Å²) in [5, 5.41) is 0. The van der Waals surface area contributed by atoms with Crippen LogP contribution >= 0.6 is 15.9 Å². The predicted molar refractivity (Wildman–Crippen MR) is 51.8 cm³/mol. The Morgan fingerprint density at radius 2 is 2.25 bits per heavy atom. The van der Waals surface area contributed by atoms with Gasteiger partial charge in [0.15, 0.2) is 0 Å². The van der Waals surface area contributed by atoms with Crippen LogP contribution in [0, 0.1) is 6.92 Å². The van der Waals surface area contributed by atoms with Gasteiger partial charge in [0, 0.05) is 4.47 Å². The summed E-state index contributed by atoms with van der Waals surface area (Å²) in [7, 11) is 0. The van der Waals surface area contributed by atoms with Crippen LogP contribution in [0.25, 0.3) is 0 Å². The fourth-order valence-electron chi connectivity index (χ4n) is 1.02. The Bertz CT molecular complexity index is 309. The van der Waals surface area contributed by atoms with Gasteiger partial charge >= 0.3 is 0 Å². The van der Waals surface area contributed by atoms with Crippen molar-refractivity contribution in [3.8, 4) is 0 Å². The van der Waals surface area contributed by atoms with Crippen LogP contribution in [-0.4, -0.2) is 5.91 Å². The number of hydrogen-bond donors (Lipinski definition) is 1. The maximum atomic E-state index is 10.6. The van der Waals surface area contributed by atoms with E-state index in [-0.39, 0.29) is 5.91 Å². The number of aryl methyl sites for hydroxylation is 1. The number of nitrogens with two attached hydrogens (primary N) is 1. The van der Waals surface area contributed by atoms with Gasteiger partial charge in [-0.3, -0.25) is 4.79 Å². The van der Waals surface area contributed by atoms with E-state index in [0.29, 0.717) is 6.42 Å². The van der Waals surface area contributed by atoms with Crippen LogP contribution < -0.4 is 5.73 Å². The molecule has 0 aliphatic carbocycles. The second-order valence-corrected chi connectivity index (χ2v) is 3.63. The molecule has 1 amide bonds. The van der Waals surface area contributed by atoms with E-state index in [9.17, 15) is 4.79 Å². The van der Waals surface area contributed by atoms with Gasteiger partial charge in [0.05, 0.1) is 6.42 Å². The quantitative estimate of drug-likeness (QED) is 0.823. The number of halogens is 1. The summed E-state index contributed by atoms with van der Waals surface area (Å²) in [5.74, 6) is -0.295. The highest BCUT2D eigenvalue weighted by Crippen LogP contribution is 2.16. The van der Waals surface area contributed by atoms with Crippen LogP contribution in [0.2, 0.25) is 0 Å². The Balaban J connectivity index is 2.97. The number of carbonyl (C=O) groups is 1. The smallest absolute Gasteiger partial charge is 0.221 e. The molecule has 0 aromatic heterocycles. The molecule has 0 atom stereocenters. The van der Waals surface area contributed by atoms with Gasteiger partial charge in [-0.05, 0) is 30.2 Å². The molecule has 0 aliphatic heterocycles. The number of carbonyl (C=O) groups excluding carboxylic acids is 1. The second kappa shape index (κ2) is 3.72. The zero-order chi connectivity index (χ0) is 9.14.